The molecule has 4 rings (SSSR count). The second-order valence-electron chi connectivity index (χ2n) is 5.91. The molecular formula is C19H16BrN5O2. The number of ether oxygens (including phenoxy) is 1. The van der Waals surface area contributed by atoms with Crippen molar-refractivity contribution in [3.05, 3.63) is 64.8 Å². The normalized spacial score (nSPS) is 10.9. The van der Waals surface area contributed by atoms with Crippen LogP contribution in [0.2, 0.25) is 0 Å². The van der Waals surface area contributed by atoms with Gasteiger partial charge >= 0.3 is 0 Å². The van der Waals surface area contributed by atoms with E-state index in [4.69, 9.17) is 15.0 Å². The average Bonchev–Trinajstić information content (AvgIpc) is 3.33. The Labute approximate surface area is 163 Å². The van der Waals surface area contributed by atoms with Gasteiger partial charge in [0.1, 0.15) is 5.75 Å². The molecule has 2 N–H and O–H groups in total. The molecule has 2 aromatic heterocycles. The van der Waals surface area contributed by atoms with Crippen LogP contribution >= 0.6 is 15.9 Å². The van der Waals surface area contributed by atoms with Gasteiger partial charge in [0, 0.05) is 21.9 Å². The zero-order chi connectivity index (χ0) is 18.8. The average molecular weight is 426 g/mol. The predicted molar refractivity (Wildman–Crippen MR) is 105 cm³/mol. The van der Waals surface area contributed by atoms with E-state index in [2.05, 4.69) is 31.2 Å². The van der Waals surface area contributed by atoms with E-state index in [1.165, 1.54) is 0 Å². The Morgan fingerprint density at radius 2 is 1.96 bits per heavy atom. The van der Waals surface area contributed by atoms with E-state index in [9.17, 15) is 0 Å². The zero-order valence-corrected chi connectivity index (χ0v) is 16.0. The minimum atomic E-state index is 0.275. The van der Waals surface area contributed by atoms with Gasteiger partial charge in [0.15, 0.2) is 12.4 Å². The van der Waals surface area contributed by atoms with Crippen LogP contribution in [0.5, 0.6) is 5.75 Å². The van der Waals surface area contributed by atoms with Crippen molar-refractivity contribution in [2.24, 2.45) is 0 Å². The fourth-order valence-corrected chi connectivity index (χ4v) is 2.82. The Balaban J connectivity index is 1.49. The molecule has 2 heterocycles. The van der Waals surface area contributed by atoms with Crippen molar-refractivity contribution in [3.63, 3.8) is 0 Å². The maximum absolute atomic E-state index is 5.95. The van der Waals surface area contributed by atoms with Crippen LogP contribution in [0, 0.1) is 6.92 Å². The summed E-state index contributed by atoms with van der Waals surface area (Å²) in [6, 6.07) is 15.0. The molecule has 0 unspecified atom stereocenters. The number of rotatable bonds is 5. The maximum atomic E-state index is 5.95. The number of halogens is 1. The molecule has 27 heavy (non-hydrogen) atoms. The number of benzene rings is 2. The molecule has 0 bridgehead atoms. The largest absolute Gasteiger partial charge is 0.471 e. The number of nitrogens with zero attached hydrogens (tertiary/aromatic N) is 4. The molecule has 0 aliphatic rings. The molecule has 8 heteroatoms. The van der Waals surface area contributed by atoms with Crippen molar-refractivity contribution in [3.8, 4) is 28.7 Å². The quantitative estimate of drug-likeness (QED) is 0.479. The molecule has 0 saturated heterocycles. The highest BCUT2D eigenvalue weighted by Gasteiger charge is 2.15. The number of hydrogen-bond donors (Lipinski definition) is 1. The van der Waals surface area contributed by atoms with E-state index >= 15 is 0 Å². The number of aromatic nitrogens is 4. The molecule has 136 valence electrons. The van der Waals surface area contributed by atoms with Crippen molar-refractivity contribution >= 4 is 21.6 Å². The Kier molecular flexibility index (Phi) is 4.64. The van der Waals surface area contributed by atoms with Crippen LogP contribution in [-0.4, -0.2) is 19.9 Å². The Bertz CT molecular complexity index is 1070. The number of nitrogen functional groups attached to an aromatic ring is 1. The van der Waals surface area contributed by atoms with Crippen LogP contribution in [0.15, 0.2) is 63.7 Å². The van der Waals surface area contributed by atoms with E-state index in [0.29, 0.717) is 23.1 Å². The lowest BCUT2D eigenvalue weighted by atomic mass is 10.1. The number of hydrogen-bond acceptors (Lipinski definition) is 6. The molecule has 0 radical (unpaired) electrons. The molecule has 0 amide bonds. The molecule has 0 aliphatic carbocycles. The van der Waals surface area contributed by atoms with Crippen molar-refractivity contribution < 1.29 is 9.26 Å². The standard InChI is InChI=1S/C19H16BrN5O2/c1-12-15(3-2-4-16(12)21)18-22-19(27-24-18)17-9-10-25(23-17)11-26-14-7-5-13(20)6-8-14/h2-10H,11,21H2,1H3. The molecule has 0 spiro atoms. The van der Waals surface area contributed by atoms with Crippen LogP contribution in [-0.2, 0) is 6.73 Å². The summed E-state index contributed by atoms with van der Waals surface area (Å²) in [5, 5.41) is 8.47. The summed E-state index contributed by atoms with van der Waals surface area (Å²) in [5.41, 5.74) is 8.97. The minimum absolute atomic E-state index is 0.275. The third-order valence-corrected chi connectivity index (χ3v) is 4.61. The van der Waals surface area contributed by atoms with Crippen LogP contribution < -0.4 is 10.5 Å². The molecule has 0 atom stereocenters. The van der Waals surface area contributed by atoms with E-state index in [0.717, 1.165) is 21.3 Å². The van der Waals surface area contributed by atoms with Crippen LogP contribution in [0.1, 0.15) is 5.56 Å². The van der Waals surface area contributed by atoms with Crippen LogP contribution in [0.3, 0.4) is 0 Å². The van der Waals surface area contributed by atoms with E-state index in [1.54, 1.807) is 16.9 Å². The van der Waals surface area contributed by atoms with Gasteiger partial charge in [-0.15, -0.1) is 0 Å². The van der Waals surface area contributed by atoms with Crippen molar-refractivity contribution in [2.45, 2.75) is 13.7 Å². The number of nitrogens with two attached hydrogens (primary N) is 1. The summed E-state index contributed by atoms with van der Waals surface area (Å²) in [4.78, 5) is 4.44. The monoisotopic (exact) mass is 425 g/mol. The van der Waals surface area contributed by atoms with Gasteiger partial charge in [0.2, 0.25) is 5.82 Å². The first-order chi connectivity index (χ1) is 13.1. The summed E-state index contributed by atoms with van der Waals surface area (Å²) in [5.74, 6) is 1.58. The molecule has 2 aromatic carbocycles. The molecule has 0 aliphatic heterocycles. The van der Waals surface area contributed by atoms with Gasteiger partial charge in [-0.3, -0.25) is 0 Å². The number of anilines is 1. The lowest BCUT2D eigenvalue weighted by Gasteiger charge is -2.05. The lowest BCUT2D eigenvalue weighted by molar-refractivity contribution is 0.221. The highest BCUT2D eigenvalue weighted by atomic mass is 79.9. The smallest absolute Gasteiger partial charge is 0.278 e. The SMILES string of the molecule is Cc1c(N)cccc1-c1noc(-c2ccn(COc3ccc(Br)cc3)n2)n1. The van der Waals surface area contributed by atoms with Crippen LogP contribution in [0.25, 0.3) is 23.0 Å². The van der Waals surface area contributed by atoms with E-state index < -0.39 is 0 Å². The Morgan fingerprint density at radius 1 is 1.15 bits per heavy atom. The van der Waals surface area contributed by atoms with Gasteiger partial charge in [-0.1, -0.05) is 33.2 Å². The molecule has 7 nitrogen and oxygen atoms in total. The summed E-state index contributed by atoms with van der Waals surface area (Å²) < 4.78 is 13.7. The third-order valence-electron chi connectivity index (χ3n) is 4.08. The van der Waals surface area contributed by atoms with Crippen LogP contribution in [0.4, 0.5) is 5.69 Å². The van der Waals surface area contributed by atoms with Gasteiger partial charge in [0.05, 0.1) is 0 Å². The van der Waals surface area contributed by atoms with Crippen molar-refractivity contribution in [1.82, 2.24) is 19.9 Å². The molecule has 0 saturated carbocycles. The molecular weight excluding hydrogens is 410 g/mol. The molecule has 4 aromatic rings. The van der Waals surface area contributed by atoms with E-state index in [1.807, 2.05) is 49.4 Å². The predicted octanol–water partition coefficient (Wildman–Crippen LogP) is 4.29. The maximum Gasteiger partial charge on any atom is 0.278 e. The summed E-state index contributed by atoms with van der Waals surface area (Å²) >= 11 is 3.39. The second-order valence-corrected chi connectivity index (χ2v) is 6.83. The fraction of sp³-hybridized carbons (Fsp3) is 0.105. The van der Waals surface area contributed by atoms with Gasteiger partial charge in [0.25, 0.3) is 5.89 Å². The van der Waals surface area contributed by atoms with Crippen molar-refractivity contribution in [2.75, 3.05) is 5.73 Å². The minimum Gasteiger partial charge on any atom is -0.471 e. The van der Waals surface area contributed by atoms with Gasteiger partial charge in [-0.2, -0.15) is 10.1 Å². The lowest BCUT2D eigenvalue weighted by Crippen LogP contribution is -2.05. The highest BCUT2D eigenvalue weighted by Crippen LogP contribution is 2.26. The van der Waals surface area contributed by atoms with Gasteiger partial charge < -0.3 is 15.0 Å². The first kappa shape index (κ1) is 17.3. The van der Waals surface area contributed by atoms with Gasteiger partial charge in [-0.05, 0) is 48.9 Å². The molecule has 0 fully saturated rings. The summed E-state index contributed by atoms with van der Waals surface area (Å²) in [6.45, 7) is 2.20. The fourth-order valence-electron chi connectivity index (χ4n) is 2.55. The Morgan fingerprint density at radius 3 is 2.78 bits per heavy atom. The first-order valence-electron chi connectivity index (χ1n) is 8.21. The van der Waals surface area contributed by atoms with E-state index in [-0.39, 0.29) is 6.73 Å². The summed E-state index contributed by atoms with van der Waals surface area (Å²) in [7, 11) is 0. The summed E-state index contributed by atoms with van der Waals surface area (Å²) in [6.07, 6.45) is 1.80. The first-order valence-corrected chi connectivity index (χ1v) is 9.01. The second kappa shape index (κ2) is 7.24. The Hall–Kier alpha value is -3.13. The van der Waals surface area contributed by atoms with Crippen molar-refractivity contribution in [1.29, 1.82) is 0 Å². The topological polar surface area (TPSA) is 92.0 Å². The van der Waals surface area contributed by atoms with Gasteiger partial charge in [-0.25, -0.2) is 4.68 Å². The third kappa shape index (κ3) is 3.70. The highest BCUT2D eigenvalue weighted by molar-refractivity contribution is 9.10. The zero-order valence-electron chi connectivity index (χ0n) is 14.5.